The zero-order valence-electron chi connectivity index (χ0n) is 10.1. The van der Waals surface area contributed by atoms with Gasteiger partial charge >= 0.3 is 0 Å². The summed E-state index contributed by atoms with van der Waals surface area (Å²) in [6.45, 7) is 13.2. The third-order valence-corrected chi connectivity index (χ3v) is 2.08. The fourth-order valence-electron chi connectivity index (χ4n) is 1.41. The third-order valence-electron chi connectivity index (χ3n) is 2.08. The van der Waals surface area contributed by atoms with Gasteiger partial charge in [-0.1, -0.05) is 41.5 Å². The van der Waals surface area contributed by atoms with Crippen molar-refractivity contribution in [1.82, 2.24) is 0 Å². The molecule has 0 aromatic carbocycles. The summed E-state index contributed by atoms with van der Waals surface area (Å²) in [5.41, 5.74) is 0.593. The van der Waals surface area contributed by atoms with E-state index in [1.54, 1.807) is 0 Å². The minimum atomic E-state index is -0.126. The van der Waals surface area contributed by atoms with E-state index in [1.807, 2.05) is 0 Å². The van der Waals surface area contributed by atoms with Crippen molar-refractivity contribution in [3.63, 3.8) is 0 Å². The SMILES string of the molecule is CC(C)(C)CCC(O)CC(C)(C)C. The Labute approximate surface area is 83.5 Å². The van der Waals surface area contributed by atoms with Crippen LogP contribution in [0.3, 0.4) is 0 Å². The molecule has 80 valence electrons. The summed E-state index contributed by atoms with van der Waals surface area (Å²) in [6, 6.07) is 0. The van der Waals surface area contributed by atoms with Gasteiger partial charge in [0, 0.05) is 0 Å². The highest BCUT2D eigenvalue weighted by molar-refractivity contribution is 4.71. The van der Waals surface area contributed by atoms with Crippen LogP contribution in [0.5, 0.6) is 0 Å². The van der Waals surface area contributed by atoms with Crippen molar-refractivity contribution in [3.05, 3.63) is 0 Å². The summed E-state index contributed by atoms with van der Waals surface area (Å²) < 4.78 is 0. The summed E-state index contributed by atoms with van der Waals surface area (Å²) in [4.78, 5) is 0. The van der Waals surface area contributed by atoms with Crippen LogP contribution in [-0.4, -0.2) is 11.2 Å². The Kier molecular flexibility index (Phi) is 4.44. The van der Waals surface area contributed by atoms with Crippen LogP contribution in [-0.2, 0) is 0 Å². The van der Waals surface area contributed by atoms with Gasteiger partial charge in [0.1, 0.15) is 0 Å². The molecule has 0 spiro atoms. The zero-order chi connectivity index (χ0) is 10.7. The van der Waals surface area contributed by atoms with Gasteiger partial charge in [0.15, 0.2) is 0 Å². The standard InChI is InChI=1S/C12H26O/c1-11(2,3)8-7-10(13)9-12(4,5)6/h10,13H,7-9H2,1-6H3. The molecule has 0 amide bonds. The van der Waals surface area contributed by atoms with Crippen molar-refractivity contribution in [3.8, 4) is 0 Å². The summed E-state index contributed by atoms with van der Waals surface area (Å²) >= 11 is 0. The molecular formula is C12H26O. The van der Waals surface area contributed by atoms with Gasteiger partial charge in [0.25, 0.3) is 0 Å². The van der Waals surface area contributed by atoms with Crippen LogP contribution in [0.1, 0.15) is 60.8 Å². The van der Waals surface area contributed by atoms with Gasteiger partial charge in [-0.05, 0) is 30.1 Å². The highest BCUT2D eigenvalue weighted by Gasteiger charge is 2.19. The molecule has 1 atom stereocenters. The Hall–Kier alpha value is -0.0400. The predicted molar refractivity (Wildman–Crippen MR) is 58.8 cm³/mol. The first-order valence-electron chi connectivity index (χ1n) is 5.28. The molecule has 0 saturated heterocycles. The Morgan fingerprint density at radius 2 is 1.38 bits per heavy atom. The molecule has 0 heterocycles. The van der Waals surface area contributed by atoms with Crippen molar-refractivity contribution in [1.29, 1.82) is 0 Å². The second kappa shape index (κ2) is 4.45. The van der Waals surface area contributed by atoms with Crippen molar-refractivity contribution in [2.24, 2.45) is 10.8 Å². The molecule has 0 bridgehead atoms. The van der Waals surface area contributed by atoms with Gasteiger partial charge in [-0.3, -0.25) is 0 Å². The van der Waals surface area contributed by atoms with Gasteiger partial charge < -0.3 is 5.11 Å². The van der Waals surface area contributed by atoms with Gasteiger partial charge in [-0.15, -0.1) is 0 Å². The molecule has 13 heavy (non-hydrogen) atoms. The largest absolute Gasteiger partial charge is 0.393 e. The van der Waals surface area contributed by atoms with E-state index >= 15 is 0 Å². The molecular weight excluding hydrogens is 160 g/mol. The Morgan fingerprint density at radius 3 is 1.69 bits per heavy atom. The normalized spacial score (nSPS) is 15.9. The van der Waals surface area contributed by atoms with E-state index in [9.17, 15) is 5.11 Å². The van der Waals surface area contributed by atoms with E-state index in [2.05, 4.69) is 41.5 Å². The quantitative estimate of drug-likeness (QED) is 0.714. The molecule has 0 aromatic rings. The number of aliphatic hydroxyl groups excluding tert-OH is 1. The summed E-state index contributed by atoms with van der Waals surface area (Å²) in [5.74, 6) is 0. The third kappa shape index (κ3) is 9.88. The van der Waals surface area contributed by atoms with Crippen molar-refractivity contribution in [2.75, 3.05) is 0 Å². The van der Waals surface area contributed by atoms with Crippen LogP contribution in [0.15, 0.2) is 0 Å². The van der Waals surface area contributed by atoms with Crippen molar-refractivity contribution >= 4 is 0 Å². The molecule has 1 unspecified atom stereocenters. The molecule has 1 N–H and O–H groups in total. The summed E-state index contributed by atoms with van der Waals surface area (Å²) in [5, 5.41) is 9.75. The average molecular weight is 186 g/mol. The fourth-order valence-corrected chi connectivity index (χ4v) is 1.41. The fraction of sp³-hybridized carbons (Fsp3) is 1.00. The molecule has 0 aliphatic rings. The molecule has 0 aliphatic carbocycles. The molecule has 0 rings (SSSR count). The summed E-state index contributed by atoms with van der Waals surface area (Å²) in [6.07, 6.45) is 2.81. The van der Waals surface area contributed by atoms with Crippen molar-refractivity contribution < 1.29 is 5.11 Å². The van der Waals surface area contributed by atoms with Crippen LogP contribution < -0.4 is 0 Å². The van der Waals surface area contributed by atoms with Crippen LogP contribution in [0, 0.1) is 10.8 Å². The number of aliphatic hydroxyl groups is 1. The van der Waals surface area contributed by atoms with E-state index in [0.717, 1.165) is 19.3 Å². The molecule has 0 saturated carbocycles. The van der Waals surface area contributed by atoms with E-state index < -0.39 is 0 Å². The monoisotopic (exact) mass is 186 g/mol. The minimum absolute atomic E-state index is 0.126. The smallest absolute Gasteiger partial charge is 0.0545 e. The maximum atomic E-state index is 9.75. The van der Waals surface area contributed by atoms with Gasteiger partial charge in [0.05, 0.1) is 6.10 Å². The molecule has 0 fully saturated rings. The Morgan fingerprint density at radius 1 is 0.923 bits per heavy atom. The molecule has 0 radical (unpaired) electrons. The summed E-state index contributed by atoms with van der Waals surface area (Å²) in [7, 11) is 0. The lowest BCUT2D eigenvalue weighted by molar-refractivity contribution is 0.100. The van der Waals surface area contributed by atoms with E-state index in [4.69, 9.17) is 0 Å². The topological polar surface area (TPSA) is 20.2 Å². The molecule has 1 heteroatoms. The number of rotatable bonds is 3. The zero-order valence-corrected chi connectivity index (χ0v) is 10.1. The highest BCUT2D eigenvalue weighted by Crippen LogP contribution is 2.27. The molecule has 0 aromatic heterocycles. The van der Waals surface area contributed by atoms with Crippen LogP contribution >= 0.6 is 0 Å². The van der Waals surface area contributed by atoms with Gasteiger partial charge in [-0.2, -0.15) is 0 Å². The lowest BCUT2D eigenvalue weighted by atomic mass is 9.84. The molecule has 0 aliphatic heterocycles. The van der Waals surface area contributed by atoms with Crippen LogP contribution in [0.2, 0.25) is 0 Å². The first-order valence-corrected chi connectivity index (χ1v) is 5.28. The van der Waals surface area contributed by atoms with Crippen LogP contribution in [0.4, 0.5) is 0 Å². The minimum Gasteiger partial charge on any atom is -0.393 e. The predicted octanol–water partition coefficient (Wildman–Crippen LogP) is 3.61. The van der Waals surface area contributed by atoms with Gasteiger partial charge in [0.2, 0.25) is 0 Å². The second-order valence-electron chi connectivity index (χ2n) is 6.52. The van der Waals surface area contributed by atoms with E-state index in [1.165, 1.54) is 0 Å². The number of hydrogen-bond donors (Lipinski definition) is 1. The second-order valence-corrected chi connectivity index (χ2v) is 6.52. The maximum Gasteiger partial charge on any atom is 0.0545 e. The van der Waals surface area contributed by atoms with E-state index in [-0.39, 0.29) is 11.5 Å². The Bertz CT molecular complexity index is 136. The van der Waals surface area contributed by atoms with Crippen molar-refractivity contribution in [2.45, 2.75) is 66.9 Å². The lowest BCUT2D eigenvalue weighted by Gasteiger charge is -2.25. The van der Waals surface area contributed by atoms with Crippen LogP contribution in [0.25, 0.3) is 0 Å². The maximum absolute atomic E-state index is 9.75. The van der Waals surface area contributed by atoms with Gasteiger partial charge in [-0.25, -0.2) is 0 Å². The average Bonchev–Trinajstić information content (AvgIpc) is 1.78. The first kappa shape index (κ1) is 13.0. The molecule has 1 nitrogen and oxygen atoms in total. The Balaban J connectivity index is 3.70. The lowest BCUT2D eigenvalue weighted by Crippen LogP contribution is -2.19. The van der Waals surface area contributed by atoms with E-state index in [0.29, 0.717) is 5.41 Å². The number of hydrogen-bond acceptors (Lipinski definition) is 1. The highest BCUT2D eigenvalue weighted by atomic mass is 16.3. The first-order chi connectivity index (χ1) is 5.60.